The van der Waals surface area contributed by atoms with Gasteiger partial charge in [-0.05, 0) is 137 Å². The molecule has 0 aromatic heterocycles. The Morgan fingerprint density at radius 3 is 1.14 bits per heavy atom. The van der Waals surface area contributed by atoms with Crippen molar-refractivity contribution in [3.8, 4) is 55.6 Å². The lowest BCUT2D eigenvalue weighted by molar-refractivity contribution is 0.668. The lowest BCUT2D eigenvalue weighted by Crippen LogP contribution is -2.17. The van der Waals surface area contributed by atoms with E-state index in [1.807, 2.05) is 0 Å². The van der Waals surface area contributed by atoms with Crippen molar-refractivity contribution in [3.05, 3.63) is 230 Å². The topological polar surface area (TPSA) is 0 Å². The van der Waals surface area contributed by atoms with Gasteiger partial charge in [0.1, 0.15) is 0 Å². The van der Waals surface area contributed by atoms with Crippen LogP contribution in [0.25, 0.3) is 120 Å². The molecule has 13 rings (SSSR count). The van der Waals surface area contributed by atoms with E-state index in [0.717, 1.165) is 0 Å². The third-order valence-corrected chi connectivity index (χ3v) is 14.2. The molecule has 0 unspecified atom stereocenters. The quantitative estimate of drug-likeness (QED) is 0.123. The van der Waals surface area contributed by atoms with Crippen molar-refractivity contribution in [1.29, 1.82) is 0 Å². The van der Waals surface area contributed by atoms with Crippen LogP contribution in [0.4, 0.5) is 0 Å². The second-order valence-electron chi connectivity index (χ2n) is 17.9. The van der Waals surface area contributed by atoms with Crippen LogP contribution in [-0.4, -0.2) is 0 Å². The molecular formula is C63H42. The molecule has 1 aliphatic carbocycles. The normalized spacial score (nSPS) is 13.0. The van der Waals surface area contributed by atoms with Crippen LogP contribution in [0.2, 0.25) is 0 Å². The third-order valence-electron chi connectivity index (χ3n) is 14.2. The molecule has 0 atom stereocenters. The molecule has 0 spiro atoms. The number of benzene rings is 12. The van der Waals surface area contributed by atoms with Crippen LogP contribution in [0.1, 0.15) is 25.0 Å². The van der Waals surface area contributed by atoms with Gasteiger partial charge in [-0.2, -0.15) is 0 Å². The van der Waals surface area contributed by atoms with Crippen molar-refractivity contribution in [2.75, 3.05) is 0 Å². The van der Waals surface area contributed by atoms with Gasteiger partial charge in [0.25, 0.3) is 0 Å². The Bertz CT molecular complexity index is 3790. The van der Waals surface area contributed by atoms with Crippen molar-refractivity contribution >= 4 is 64.6 Å². The molecule has 0 saturated carbocycles. The molecule has 0 N–H and O–H groups in total. The zero-order chi connectivity index (χ0) is 41.8. The molecule has 0 aliphatic heterocycles. The predicted molar refractivity (Wildman–Crippen MR) is 271 cm³/mol. The van der Waals surface area contributed by atoms with E-state index in [1.165, 1.54) is 131 Å². The van der Waals surface area contributed by atoms with E-state index in [-0.39, 0.29) is 5.41 Å². The molecule has 0 saturated heterocycles. The van der Waals surface area contributed by atoms with Gasteiger partial charge in [0.2, 0.25) is 0 Å². The lowest BCUT2D eigenvalue weighted by atomic mass is 9.76. The summed E-state index contributed by atoms with van der Waals surface area (Å²) in [4.78, 5) is 0. The fraction of sp³-hybridized carbons (Fsp3) is 0.0476. The first-order valence-electron chi connectivity index (χ1n) is 22.2. The minimum Gasteiger partial charge on any atom is -0.0616 e. The van der Waals surface area contributed by atoms with Gasteiger partial charge in [-0.1, -0.05) is 226 Å². The summed E-state index contributed by atoms with van der Waals surface area (Å²) >= 11 is 0. The smallest absolute Gasteiger partial charge is 0.0171 e. The molecule has 0 bridgehead atoms. The van der Waals surface area contributed by atoms with Crippen LogP contribution in [0.5, 0.6) is 0 Å². The van der Waals surface area contributed by atoms with E-state index >= 15 is 0 Å². The van der Waals surface area contributed by atoms with Gasteiger partial charge in [0, 0.05) is 5.41 Å². The molecule has 0 radical (unpaired) electrons. The largest absolute Gasteiger partial charge is 0.0616 e. The summed E-state index contributed by atoms with van der Waals surface area (Å²) in [6, 6.07) is 81.4. The maximum atomic E-state index is 2.43. The zero-order valence-electron chi connectivity index (χ0n) is 35.3. The minimum atomic E-state index is -0.187. The molecule has 63 heavy (non-hydrogen) atoms. The Morgan fingerprint density at radius 2 is 0.603 bits per heavy atom. The zero-order valence-corrected chi connectivity index (χ0v) is 35.3. The Kier molecular flexibility index (Phi) is 7.75. The average molecular weight is 799 g/mol. The van der Waals surface area contributed by atoms with Crippen LogP contribution in [-0.2, 0) is 5.41 Å². The van der Waals surface area contributed by atoms with Gasteiger partial charge < -0.3 is 0 Å². The fourth-order valence-corrected chi connectivity index (χ4v) is 11.5. The van der Waals surface area contributed by atoms with E-state index in [0.29, 0.717) is 0 Å². The average Bonchev–Trinajstić information content (AvgIpc) is 3.60. The Hall–Kier alpha value is -7.80. The molecule has 0 heteroatoms. The van der Waals surface area contributed by atoms with Crippen LogP contribution < -0.4 is 0 Å². The Balaban J connectivity index is 0.937. The third kappa shape index (κ3) is 5.22. The summed E-state index contributed by atoms with van der Waals surface area (Å²) in [5.74, 6) is 0. The fourth-order valence-electron chi connectivity index (χ4n) is 11.5. The maximum Gasteiger partial charge on any atom is 0.0171 e. The highest BCUT2D eigenvalue weighted by molar-refractivity contribution is 6.22. The number of hydrogen-bond donors (Lipinski definition) is 0. The van der Waals surface area contributed by atoms with Crippen LogP contribution >= 0.6 is 0 Å². The molecule has 12 aromatic rings. The summed E-state index contributed by atoms with van der Waals surface area (Å²) in [7, 11) is 0. The van der Waals surface area contributed by atoms with E-state index in [2.05, 4.69) is 232 Å². The molecule has 0 fully saturated rings. The standard InChI is InChI=1S/C63H42/c1-63(2)61-45(28-15-29-56(61)60-50-22-9-7-19-47(50)48-20-8-14-27-55(48)62(60)63)39-30-34-41(35-31-39)58-51-23-10-12-25-53(51)59(54-26-13-11-24-52(54)58)42-36-32-40(33-37-42)57-38-43-16-3-4-17-44(43)46-18-5-6-21-49(46)57/h3-38H,1-2H3. The van der Waals surface area contributed by atoms with Crippen molar-refractivity contribution in [3.63, 3.8) is 0 Å². The molecule has 0 nitrogen and oxygen atoms in total. The van der Waals surface area contributed by atoms with E-state index < -0.39 is 0 Å². The van der Waals surface area contributed by atoms with E-state index in [1.54, 1.807) is 0 Å². The van der Waals surface area contributed by atoms with Gasteiger partial charge >= 0.3 is 0 Å². The van der Waals surface area contributed by atoms with Crippen molar-refractivity contribution in [2.45, 2.75) is 19.3 Å². The van der Waals surface area contributed by atoms with Gasteiger partial charge in [-0.15, -0.1) is 0 Å². The van der Waals surface area contributed by atoms with Crippen molar-refractivity contribution in [2.24, 2.45) is 0 Å². The predicted octanol–water partition coefficient (Wildman–Crippen LogP) is 17.6. The monoisotopic (exact) mass is 798 g/mol. The highest BCUT2D eigenvalue weighted by Gasteiger charge is 2.40. The molecule has 0 heterocycles. The Labute approximate surface area is 367 Å². The summed E-state index contributed by atoms with van der Waals surface area (Å²) in [6.45, 7) is 4.85. The van der Waals surface area contributed by atoms with Crippen molar-refractivity contribution < 1.29 is 0 Å². The summed E-state index contributed by atoms with van der Waals surface area (Å²) < 4.78 is 0. The highest BCUT2D eigenvalue weighted by atomic mass is 14.4. The lowest BCUT2D eigenvalue weighted by Gasteiger charge is -2.26. The summed E-state index contributed by atoms with van der Waals surface area (Å²) in [5, 5.41) is 15.5. The SMILES string of the molecule is CC1(C)c2c(-c3ccc(-c4c5ccccc5c(-c5ccc(-c6cc7ccccc7c7ccccc67)cc5)c5ccccc45)cc3)cccc2-c2c1c1ccccc1c1ccccc21. The molecular weight excluding hydrogens is 757 g/mol. The minimum absolute atomic E-state index is 0.187. The first kappa shape index (κ1) is 35.9. The first-order chi connectivity index (χ1) is 31.0. The van der Waals surface area contributed by atoms with E-state index in [4.69, 9.17) is 0 Å². The molecule has 294 valence electrons. The van der Waals surface area contributed by atoms with Gasteiger partial charge in [0.15, 0.2) is 0 Å². The number of fused-ring (bicyclic) bond motifs is 13. The van der Waals surface area contributed by atoms with Crippen molar-refractivity contribution in [1.82, 2.24) is 0 Å². The van der Waals surface area contributed by atoms with Crippen LogP contribution in [0.15, 0.2) is 218 Å². The maximum absolute atomic E-state index is 2.43. The van der Waals surface area contributed by atoms with Crippen LogP contribution in [0.3, 0.4) is 0 Å². The van der Waals surface area contributed by atoms with Gasteiger partial charge in [-0.25, -0.2) is 0 Å². The second-order valence-corrected chi connectivity index (χ2v) is 17.9. The first-order valence-corrected chi connectivity index (χ1v) is 22.2. The second kappa shape index (κ2) is 13.6. The molecule has 0 amide bonds. The molecule has 1 aliphatic rings. The van der Waals surface area contributed by atoms with Crippen LogP contribution in [0, 0.1) is 0 Å². The summed E-state index contributed by atoms with van der Waals surface area (Å²) in [5.41, 5.74) is 15.4. The molecule has 12 aromatic carbocycles. The number of rotatable bonds is 4. The van der Waals surface area contributed by atoms with E-state index in [9.17, 15) is 0 Å². The van der Waals surface area contributed by atoms with Gasteiger partial charge in [0.05, 0.1) is 0 Å². The Morgan fingerprint density at radius 1 is 0.238 bits per heavy atom. The highest BCUT2D eigenvalue weighted by Crippen LogP contribution is 2.57. The number of hydrogen-bond acceptors (Lipinski definition) is 0. The van der Waals surface area contributed by atoms with Gasteiger partial charge in [-0.3, -0.25) is 0 Å². The summed E-state index contributed by atoms with van der Waals surface area (Å²) in [6.07, 6.45) is 0.